The number of rotatable bonds is 3. The van der Waals surface area contributed by atoms with Gasteiger partial charge >= 0.3 is 5.97 Å². The lowest BCUT2D eigenvalue weighted by atomic mass is 10.1. The van der Waals surface area contributed by atoms with Crippen LogP contribution in [0.15, 0.2) is 40.8 Å². The van der Waals surface area contributed by atoms with Gasteiger partial charge in [-0.2, -0.15) is 0 Å². The highest BCUT2D eigenvalue weighted by atomic mass is 16.5. The zero-order valence-corrected chi connectivity index (χ0v) is 14.1. The molecule has 2 aromatic carbocycles. The molecule has 2 heterocycles. The Hall–Kier alpha value is -2.82. The summed E-state index contributed by atoms with van der Waals surface area (Å²) in [5.74, 6) is -0.573. The van der Waals surface area contributed by atoms with Gasteiger partial charge in [0.1, 0.15) is 5.58 Å². The van der Waals surface area contributed by atoms with Gasteiger partial charge in [-0.25, -0.2) is 4.79 Å². The Morgan fingerprint density at radius 2 is 1.84 bits per heavy atom. The number of likely N-dealkylation sites (tertiary alicyclic amines) is 1. The molecule has 5 heteroatoms. The van der Waals surface area contributed by atoms with E-state index < -0.39 is 5.97 Å². The number of carbonyl (C=O) groups is 2. The van der Waals surface area contributed by atoms with Crippen molar-refractivity contribution in [2.24, 2.45) is 0 Å². The minimum Gasteiger partial charge on any atom is -0.450 e. The number of fused-ring (bicyclic) bond motifs is 3. The third kappa shape index (κ3) is 2.76. The molecule has 1 aliphatic rings. The van der Waals surface area contributed by atoms with Gasteiger partial charge in [-0.3, -0.25) is 4.79 Å². The Balaban J connectivity index is 1.60. The van der Waals surface area contributed by atoms with Gasteiger partial charge in [-0.1, -0.05) is 36.4 Å². The number of hydrogen-bond acceptors (Lipinski definition) is 4. The molecule has 0 saturated carbocycles. The standard InChI is InChI=1S/C20H19NO4/c1-13-15-9-8-14-6-2-3-7-16(14)19(15)25-18(13)20(23)24-12-17(22)21-10-4-5-11-21/h2-3,6-9H,4-5,10-12H2,1H3. The molecule has 0 aliphatic carbocycles. The number of benzene rings is 2. The molecular weight excluding hydrogens is 318 g/mol. The van der Waals surface area contributed by atoms with Gasteiger partial charge in [0, 0.05) is 29.4 Å². The first kappa shape index (κ1) is 15.7. The average molecular weight is 337 g/mol. The highest BCUT2D eigenvalue weighted by Crippen LogP contribution is 2.32. The number of furan rings is 1. The fraction of sp³-hybridized carbons (Fsp3) is 0.300. The minimum atomic E-state index is -0.592. The Morgan fingerprint density at radius 1 is 1.08 bits per heavy atom. The average Bonchev–Trinajstić information content (AvgIpc) is 3.28. The van der Waals surface area contributed by atoms with Crippen LogP contribution in [0.1, 0.15) is 29.0 Å². The maximum Gasteiger partial charge on any atom is 0.375 e. The Bertz CT molecular complexity index is 966. The lowest BCUT2D eigenvalue weighted by molar-refractivity contribution is -0.133. The van der Waals surface area contributed by atoms with Crippen LogP contribution in [0.5, 0.6) is 0 Å². The van der Waals surface area contributed by atoms with Crippen molar-refractivity contribution in [1.82, 2.24) is 4.90 Å². The monoisotopic (exact) mass is 337 g/mol. The van der Waals surface area contributed by atoms with Gasteiger partial charge in [0.25, 0.3) is 5.91 Å². The van der Waals surface area contributed by atoms with Crippen LogP contribution >= 0.6 is 0 Å². The quantitative estimate of drug-likeness (QED) is 0.684. The summed E-state index contributed by atoms with van der Waals surface area (Å²) in [5, 5.41) is 2.89. The number of esters is 1. The second-order valence-corrected chi connectivity index (χ2v) is 6.38. The zero-order valence-electron chi connectivity index (χ0n) is 14.1. The Morgan fingerprint density at radius 3 is 2.64 bits per heavy atom. The van der Waals surface area contributed by atoms with E-state index in [2.05, 4.69) is 0 Å². The molecule has 1 saturated heterocycles. The number of carbonyl (C=O) groups excluding carboxylic acids is 2. The van der Waals surface area contributed by atoms with Crippen LogP contribution in [0.4, 0.5) is 0 Å². The summed E-state index contributed by atoms with van der Waals surface area (Å²) in [6.07, 6.45) is 2.02. The first-order chi connectivity index (χ1) is 12.1. The predicted molar refractivity (Wildman–Crippen MR) is 94.6 cm³/mol. The van der Waals surface area contributed by atoms with Gasteiger partial charge < -0.3 is 14.1 Å². The highest BCUT2D eigenvalue weighted by molar-refractivity contribution is 6.08. The van der Waals surface area contributed by atoms with E-state index in [1.165, 1.54) is 0 Å². The number of aryl methyl sites for hydroxylation is 1. The van der Waals surface area contributed by atoms with Crippen LogP contribution in [0.25, 0.3) is 21.7 Å². The second kappa shape index (κ2) is 6.24. The Labute approximate surface area is 145 Å². The maximum atomic E-state index is 12.4. The van der Waals surface area contributed by atoms with Gasteiger partial charge in [0.15, 0.2) is 6.61 Å². The van der Waals surface area contributed by atoms with Crippen LogP contribution in [0, 0.1) is 6.92 Å². The van der Waals surface area contributed by atoms with E-state index in [0.717, 1.165) is 47.7 Å². The smallest absolute Gasteiger partial charge is 0.375 e. The number of nitrogens with zero attached hydrogens (tertiary/aromatic N) is 1. The van der Waals surface area contributed by atoms with Gasteiger partial charge in [0.05, 0.1) is 0 Å². The van der Waals surface area contributed by atoms with E-state index >= 15 is 0 Å². The van der Waals surface area contributed by atoms with E-state index in [9.17, 15) is 9.59 Å². The molecule has 0 N–H and O–H groups in total. The largest absolute Gasteiger partial charge is 0.450 e. The molecule has 0 atom stereocenters. The van der Waals surface area contributed by atoms with Crippen molar-refractivity contribution in [3.63, 3.8) is 0 Å². The normalized spacial score (nSPS) is 14.4. The molecule has 25 heavy (non-hydrogen) atoms. The van der Waals surface area contributed by atoms with Gasteiger partial charge in [-0.15, -0.1) is 0 Å². The third-order valence-electron chi connectivity index (χ3n) is 4.80. The third-order valence-corrected chi connectivity index (χ3v) is 4.80. The minimum absolute atomic E-state index is 0.148. The lowest BCUT2D eigenvalue weighted by Gasteiger charge is -2.14. The first-order valence-electron chi connectivity index (χ1n) is 8.51. The van der Waals surface area contributed by atoms with Crippen LogP contribution in [0.2, 0.25) is 0 Å². The van der Waals surface area contributed by atoms with E-state index in [1.54, 1.807) is 4.90 Å². The number of hydrogen-bond donors (Lipinski definition) is 0. The molecule has 0 bridgehead atoms. The summed E-state index contributed by atoms with van der Waals surface area (Å²) in [4.78, 5) is 26.2. The van der Waals surface area contributed by atoms with Crippen LogP contribution < -0.4 is 0 Å². The molecular formula is C20H19NO4. The molecule has 128 valence electrons. The summed E-state index contributed by atoms with van der Waals surface area (Å²) in [7, 11) is 0. The molecule has 0 unspecified atom stereocenters. The summed E-state index contributed by atoms with van der Waals surface area (Å²) in [6, 6.07) is 11.8. The zero-order chi connectivity index (χ0) is 17.4. The van der Waals surface area contributed by atoms with Crippen molar-refractivity contribution < 1.29 is 18.7 Å². The van der Waals surface area contributed by atoms with Crippen molar-refractivity contribution in [2.45, 2.75) is 19.8 Å². The molecule has 1 fully saturated rings. The van der Waals surface area contributed by atoms with Crippen LogP contribution in [0.3, 0.4) is 0 Å². The molecule has 0 spiro atoms. The Kier molecular flexibility index (Phi) is 3.92. The first-order valence-corrected chi connectivity index (χ1v) is 8.51. The van der Waals surface area contributed by atoms with Crippen molar-refractivity contribution >= 4 is 33.6 Å². The SMILES string of the molecule is Cc1c(C(=O)OCC(=O)N2CCCC2)oc2c1ccc1ccccc12. The van der Waals surface area contributed by atoms with Gasteiger partial charge in [-0.05, 0) is 25.2 Å². The summed E-state index contributed by atoms with van der Waals surface area (Å²) >= 11 is 0. The molecule has 4 rings (SSSR count). The molecule has 3 aromatic rings. The summed E-state index contributed by atoms with van der Waals surface area (Å²) in [6.45, 7) is 3.08. The summed E-state index contributed by atoms with van der Waals surface area (Å²) in [5.41, 5.74) is 1.41. The fourth-order valence-electron chi connectivity index (χ4n) is 3.39. The number of ether oxygens (including phenoxy) is 1. The molecule has 1 aliphatic heterocycles. The highest BCUT2D eigenvalue weighted by Gasteiger charge is 2.23. The van der Waals surface area contributed by atoms with Crippen molar-refractivity contribution in [3.05, 3.63) is 47.7 Å². The van der Waals surface area contributed by atoms with Crippen LogP contribution in [-0.2, 0) is 9.53 Å². The lowest BCUT2D eigenvalue weighted by Crippen LogP contribution is -2.32. The van der Waals surface area contributed by atoms with Gasteiger partial charge in [0.2, 0.25) is 5.76 Å². The number of amides is 1. The van der Waals surface area contributed by atoms with E-state index in [0.29, 0.717) is 5.58 Å². The predicted octanol–water partition coefficient (Wildman–Crippen LogP) is 3.67. The topological polar surface area (TPSA) is 59.8 Å². The van der Waals surface area contributed by atoms with E-state index in [1.807, 2.05) is 43.3 Å². The van der Waals surface area contributed by atoms with Crippen LogP contribution in [-0.4, -0.2) is 36.5 Å². The molecule has 1 aromatic heterocycles. The summed E-state index contributed by atoms with van der Waals surface area (Å²) < 4.78 is 11.0. The fourth-order valence-corrected chi connectivity index (χ4v) is 3.39. The second-order valence-electron chi connectivity index (χ2n) is 6.38. The molecule has 0 radical (unpaired) electrons. The molecule has 1 amide bonds. The maximum absolute atomic E-state index is 12.4. The van der Waals surface area contributed by atoms with Crippen molar-refractivity contribution in [3.8, 4) is 0 Å². The van der Waals surface area contributed by atoms with E-state index in [-0.39, 0.29) is 18.3 Å². The van der Waals surface area contributed by atoms with E-state index in [4.69, 9.17) is 9.15 Å². The van der Waals surface area contributed by atoms with Crippen molar-refractivity contribution in [1.29, 1.82) is 0 Å². The molecule has 5 nitrogen and oxygen atoms in total. The van der Waals surface area contributed by atoms with Crippen molar-refractivity contribution in [2.75, 3.05) is 19.7 Å².